The van der Waals surface area contributed by atoms with Crippen LogP contribution in [0.2, 0.25) is 0 Å². The maximum atomic E-state index is 11.5. The average molecular weight is 245 g/mol. The molecule has 96 valence electrons. The highest BCUT2D eigenvalue weighted by Gasteiger charge is 2.10. The number of nitrogens with one attached hydrogen (secondary N) is 2. The van der Waals surface area contributed by atoms with Gasteiger partial charge in [0.15, 0.2) is 0 Å². The Kier molecular flexibility index (Phi) is 3.99. The van der Waals surface area contributed by atoms with Crippen LogP contribution in [0, 0.1) is 0 Å². The van der Waals surface area contributed by atoms with Gasteiger partial charge in [-0.3, -0.25) is 4.79 Å². The highest BCUT2D eigenvalue weighted by molar-refractivity contribution is 5.83. The molecule has 0 saturated heterocycles. The second-order valence-corrected chi connectivity index (χ2v) is 4.42. The SMILES string of the molecule is CC[C@@H](N)C(=O)NCCc1c[nH]c2ccccc12. The van der Waals surface area contributed by atoms with Crippen molar-refractivity contribution < 1.29 is 4.79 Å². The van der Waals surface area contributed by atoms with Crippen molar-refractivity contribution in [1.29, 1.82) is 0 Å². The maximum absolute atomic E-state index is 11.5. The van der Waals surface area contributed by atoms with E-state index in [2.05, 4.69) is 16.4 Å². The van der Waals surface area contributed by atoms with Crippen LogP contribution < -0.4 is 11.1 Å². The molecular weight excluding hydrogens is 226 g/mol. The van der Waals surface area contributed by atoms with Gasteiger partial charge in [-0.2, -0.15) is 0 Å². The van der Waals surface area contributed by atoms with Crippen LogP contribution in [-0.4, -0.2) is 23.5 Å². The first-order valence-electron chi connectivity index (χ1n) is 6.30. The molecule has 1 aromatic carbocycles. The van der Waals surface area contributed by atoms with Crippen LogP contribution in [0.25, 0.3) is 10.9 Å². The Balaban J connectivity index is 1.93. The smallest absolute Gasteiger partial charge is 0.236 e. The standard InChI is InChI=1S/C14H19N3O/c1-2-12(15)14(18)16-8-7-10-9-17-13-6-4-3-5-11(10)13/h3-6,9,12,17H,2,7-8,15H2,1H3,(H,16,18)/t12-/m1/s1. The molecular formula is C14H19N3O. The maximum Gasteiger partial charge on any atom is 0.236 e. The Morgan fingerprint density at radius 1 is 1.44 bits per heavy atom. The van der Waals surface area contributed by atoms with Gasteiger partial charge < -0.3 is 16.0 Å². The third-order valence-electron chi connectivity index (χ3n) is 3.15. The molecule has 0 spiro atoms. The largest absolute Gasteiger partial charge is 0.361 e. The molecule has 2 rings (SSSR count). The first-order valence-corrected chi connectivity index (χ1v) is 6.30. The number of aromatic amines is 1. The number of nitrogens with two attached hydrogens (primary N) is 1. The first-order chi connectivity index (χ1) is 8.72. The molecule has 4 N–H and O–H groups in total. The van der Waals surface area contributed by atoms with Gasteiger partial charge in [0.05, 0.1) is 6.04 Å². The van der Waals surface area contributed by atoms with E-state index in [-0.39, 0.29) is 5.91 Å². The van der Waals surface area contributed by atoms with Gasteiger partial charge in [0.2, 0.25) is 5.91 Å². The van der Waals surface area contributed by atoms with Gasteiger partial charge in [0, 0.05) is 23.6 Å². The Bertz CT molecular complexity index is 533. The number of H-pyrrole nitrogens is 1. The first kappa shape index (κ1) is 12.6. The summed E-state index contributed by atoms with van der Waals surface area (Å²) in [5.41, 5.74) is 8.00. The van der Waals surface area contributed by atoms with E-state index >= 15 is 0 Å². The van der Waals surface area contributed by atoms with Crippen molar-refractivity contribution in [3.63, 3.8) is 0 Å². The molecule has 4 heteroatoms. The summed E-state index contributed by atoms with van der Waals surface area (Å²) < 4.78 is 0. The molecule has 2 aromatic rings. The summed E-state index contributed by atoms with van der Waals surface area (Å²) in [5.74, 6) is -0.0719. The molecule has 4 nitrogen and oxygen atoms in total. The van der Waals surface area contributed by atoms with Crippen molar-refractivity contribution in [2.24, 2.45) is 5.73 Å². The molecule has 1 heterocycles. The van der Waals surface area contributed by atoms with Gasteiger partial charge >= 0.3 is 0 Å². The minimum absolute atomic E-state index is 0.0719. The summed E-state index contributed by atoms with van der Waals surface area (Å²) in [6.45, 7) is 2.53. The van der Waals surface area contributed by atoms with Gasteiger partial charge in [0.25, 0.3) is 0 Å². The quantitative estimate of drug-likeness (QED) is 0.748. The fourth-order valence-electron chi connectivity index (χ4n) is 1.98. The second-order valence-electron chi connectivity index (χ2n) is 4.42. The average Bonchev–Trinajstić information content (AvgIpc) is 2.81. The second kappa shape index (κ2) is 5.69. The minimum atomic E-state index is -0.395. The van der Waals surface area contributed by atoms with Crippen molar-refractivity contribution in [1.82, 2.24) is 10.3 Å². The number of rotatable bonds is 5. The Labute approximate surface area is 107 Å². The lowest BCUT2D eigenvalue weighted by molar-refractivity contribution is -0.122. The molecule has 0 radical (unpaired) electrons. The predicted molar refractivity (Wildman–Crippen MR) is 73.3 cm³/mol. The Hall–Kier alpha value is -1.81. The lowest BCUT2D eigenvalue weighted by Crippen LogP contribution is -2.40. The van der Waals surface area contributed by atoms with E-state index in [1.807, 2.05) is 31.3 Å². The summed E-state index contributed by atoms with van der Waals surface area (Å²) in [5, 5.41) is 4.07. The number of amides is 1. The van der Waals surface area contributed by atoms with E-state index in [1.165, 1.54) is 10.9 Å². The van der Waals surface area contributed by atoms with Crippen LogP contribution in [0.1, 0.15) is 18.9 Å². The fraction of sp³-hybridized carbons (Fsp3) is 0.357. The molecule has 1 atom stereocenters. The number of aromatic nitrogens is 1. The number of hydrogen-bond acceptors (Lipinski definition) is 2. The third-order valence-corrected chi connectivity index (χ3v) is 3.15. The summed E-state index contributed by atoms with van der Waals surface area (Å²) >= 11 is 0. The molecule has 0 aliphatic rings. The van der Waals surface area contributed by atoms with Crippen LogP contribution in [-0.2, 0) is 11.2 Å². The number of para-hydroxylation sites is 1. The molecule has 1 amide bonds. The molecule has 0 unspecified atom stereocenters. The summed E-state index contributed by atoms with van der Waals surface area (Å²) in [6.07, 6.45) is 3.47. The van der Waals surface area contributed by atoms with Crippen molar-refractivity contribution in [2.75, 3.05) is 6.54 Å². The topological polar surface area (TPSA) is 70.9 Å². The van der Waals surface area contributed by atoms with E-state index in [0.717, 1.165) is 11.9 Å². The highest BCUT2D eigenvalue weighted by atomic mass is 16.2. The van der Waals surface area contributed by atoms with Crippen molar-refractivity contribution >= 4 is 16.8 Å². The summed E-state index contributed by atoms with van der Waals surface area (Å²) in [4.78, 5) is 14.7. The molecule has 0 aliphatic heterocycles. The van der Waals surface area contributed by atoms with E-state index in [1.54, 1.807) is 0 Å². The summed E-state index contributed by atoms with van der Waals surface area (Å²) in [6, 6.07) is 7.76. The number of carbonyl (C=O) groups excluding carboxylic acids is 1. The minimum Gasteiger partial charge on any atom is -0.361 e. The van der Waals surface area contributed by atoms with Gasteiger partial charge in [0.1, 0.15) is 0 Å². The molecule has 0 saturated carbocycles. The van der Waals surface area contributed by atoms with Crippen LogP contribution >= 0.6 is 0 Å². The molecule has 0 bridgehead atoms. The Morgan fingerprint density at radius 2 is 2.22 bits per heavy atom. The van der Waals surface area contributed by atoms with Crippen molar-refractivity contribution in [3.05, 3.63) is 36.0 Å². The van der Waals surface area contributed by atoms with Gasteiger partial charge in [-0.1, -0.05) is 25.1 Å². The lowest BCUT2D eigenvalue weighted by atomic mass is 10.1. The fourth-order valence-corrected chi connectivity index (χ4v) is 1.98. The normalized spacial score (nSPS) is 12.6. The Morgan fingerprint density at radius 3 is 3.00 bits per heavy atom. The summed E-state index contributed by atoms with van der Waals surface area (Å²) in [7, 11) is 0. The molecule has 1 aromatic heterocycles. The van der Waals surface area contributed by atoms with Crippen LogP contribution in [0.4, 0.5) is 0 Å². The van der Waals surface area contributed by atoms with E-state index in [4.69, 9.17) is 5.73 Å². The van der Waals surface area contributed by atoms with E-state index in [9.17, 15) is 4.79 Å². The van der Waals surface area contributed by atoms with Crippen molar-refractivity contribution in [3.8, 4) is 0 Å². The zero-order chi connectivity index (χ0) is 13.0. The van der Waals surface area contributed by atoms with E-state index < -0.39 is 6.04 Å². The zero-order valence-corrected chi connectivity index (χ0v) is 10.6. The predicted octanol–water partition coefficient (Wildman–Crippen LogP) is 1.56. The number of hydrogen-bond donors (Lipinski definition) is 3. The lowest BCUT2D eigenvalue weighted by Gasteiger charge is -2.09. The van der Waals surface area contributed by atoms with Crippen LogP contribution in [0.3, 0.4) is 0 Å². The van der Waals surface area contributed by atoms with Crippen LogP contribution in [0.15, 0.2) is 30.5 Å². The third kappa shape index (κ3) is 2.71. The zero-order valence-electron chi connectivity index (χ0n) is 10.6. The molecule has 18 heavy (non-hydrogen) atoms. The number of fused-ring (bicyclic) bond motifs is 1. The van der Waals surface area contributed by atoms with Gasteiger partial charge in [-0.15, -0.1) is 0 Å². The van der Waals surface area contributed by atoms with Crippen molar-refractivity contribution in [2.45, 2.75) is 25.8 Å². The molecule has 0 aliphatic carbocycles. The molecule has 0 fully saturated rings. The monoisotopic (exact) mass is 245 g/mol. The number of benzene rings is 1. The highest BCUT2D eigenvalue weighted by Crippen LogP contribution is 2.17. The van der Waals surface area contributed by atoms with E-state index in [0.29, 0.717) is 13.0 Å². The van der Waals surface area contributed by atoms with Gasteiger partial charge in [-0.25, -0.2) is 0 Å². The van der Waals surface area contributed by atoms with Gasteiger partial charge in [-0.05, 0) is 24.5 Å². The van der Waals surface area contributed by atoms with Crippen LogP contribution in [0.5, 0.6) is 0 Å². The number of carbonyl (C=O) groups is 1.